The Hall–Kier alpha value is -1.15. The smallest absolute Gasteiger partial charge is 0.416 e. The molecule has 0 spiro atoms. The van der Waals surface area contributed by atoms with E-state index < -0.39 is 10.4 Å². The van der Waals surface area contributed by atoms with Crippen LogP contribution >= 0.6 is 0 Å². The van der Waals surface area contributed by atoms with Crippen LogP contribution in [0.4, 0.5) is 0 Å². The van der Waals surface area contributed by atoms with Crippen LogP contribution in [-0.4, -0.2) is 21.6 Å². The van der Waals surface area contributed by atoms with Gasteiger partial charge in [0.1, 0.15) is 19.0 Å². The summed E-state index contributed by atoms with van der Waals surface area (Å²) in [6.07, 6.45) is 10.2. The van der Waals surface area contributed by atoms with E-state index >= 15 is 0 Å². The third-order valence-electron chi connectivity index (χ3n) is 3.69. The fourth-order valence-corrected chi connectivity index (χ4v) is 2.69. The minimum Gasteiger partial charge on any atom is -0.491 e. The summed E-state index contributed by atoms with van der Waals surface area (Å²) in [4.78, 5) is 0. The summed E-state index contributed by atoms with van der Waals surface area (Å²) in [6.45, 7) is 2.18. The average molecular weight is 359 g/mol. The molecule has 6 nitrogen and oxygen atoms in total. The Morgan fingerprint density at radius 1 is 0.917 bits per heavy atom. The quantitative estimate of drug-likeness (QED) is 0.404. The lowest BCUT2D eigenvalue weighted by Gasteiger charge is -2.07. The van der Waals surface area contributed by atoms with Crippen molar-refractivity contribution in [1.29, 1.82) is 0 Å². The molecule has 24 heavy (non-hydrogen) atoms. The number of rotatable bonds is 14. The molecule has 0 saturated carbocycles. The van der Waals surface area contributed by atoms with Gasteiger partial charge in [-0.15, -0.1) is 0 Å². The first-order valence-corrected chi connectivity index (χ1v) is 9.90. The van der Waals surface area contributed by atoms with Gasteiger partial charge in [0.15, 0.2) is 0 Å². The lowest BCUT2D eigenvalue weighted by molar-refractivity contribution is 0.179. The maximum atomic E-state index is 10.8. The number of unbranched alkanes of at least 4 members (excludes halogenated alkanes) is 6. The molecule has 0 aliphatic rings. The molecule has 0 aliphatic heterocycles. The largest absolute Gasteiger partial charge is 0.491 e. The summed E-state index contributed by atoms with van der Waals surface area (Å²) in [5.74, 6) is 5.22. The third-order valence-corrected chi connectivity index (χ3v) is 4.38. The van der Waals surface area contributed by atoms with E-state index in [-0.39, 0.29) is 13.2 Å². The molecule has 1 rings (SSSR count). The lowest BCUT2D eigenvalue weighted by Crippen LogP contribution is -2.17. The van der Waals surface area contributed by atoms with Gasteiger partial charge in [0, 0.05) is 0 Å². The Kier molecular flexibility index (Phi) is 10.7. The van der Waals surface area contributed by atoms with Gasteiger partial charge in [-0.3, -0.25) is 0 Å². The molecule has 7 heteroatoms. The van der Waals surface area contributed by atoms with Gasteiger partial charge in [-0.2, -0.15) is 18.6 Å². The minimum atomic E-state index is -4.10. The summed E-state index contributed by atoms with van der Waals surface area (Å²) in [6, 6.07) is 7.83. The molecule has 0 bridgehead atoms. The number of hydrogen-bond acceptors (Lipinski definition) is 6. The molecule has 0 aliphatic carbocycles. The zero-order valence-corrected chi connectivity index (χ0v) is 15.2. The van der Waals surface area contributed by atoms with Crippen molar-refractivity contribution in [2.24, 2.45) is 5.90 Å². The monoisotopic (exact) mass is 359 g/mol. The van der Waals surface area contributed by atoms with E-state index in [1.54, 1.807) is 0 Å². The molecular weight excluding hydrogens is 330 g/mol. The molecule has 1 aromatic rings. The van der Waals surface area contributed by atoms with Gasteiger partial charge in [0.25, 0.3) is 0 Å². The van der Waals surface area contributed by atoms with E-state index in [4.69, 9.17) is 4.74 Å². The maximum absolute atomic E-state index is 10.8. The van der Waals surface area contributed by atoms with Crippen molar-refractivity contribution in [1.82, 2.24) is 0 Å². The van der Waals surface area contributed by atoms with Crippen LogP contribution in [0, 0.1) is 0 Å². The van der Waals surface area contributed by atoms with Crippen molar-refractivity contribution in [3.63, 3.8) is 0 Å². The molecule has 0 aromatic heterocycles. The first-order valence-electron chi connectivity index (χ1n) is 8.57. The molecule has 0 fully saturated rings. The van der Waals surface area contributed by atoms with Crippen molar-refractivity contribution >= 4 is 10.4 Å². The van der Waals surface area contributed by atoms with Gasteiger partial charge in [-0.05, 0) is 30.5 Å². The maximum Gasteiger partial charge on any atom is 0.416 e. The van der Waals surface area contributed by atoms with E-state index in [1.165, 1.54) is 50.5 Å². The normalized spacial score (nSPS) is 11.6. The highest BCUT2D eigenvalue weighted by atomic mass is 32.3. The van der Waals surface area contributed by atoms with E-state index in [0.29, 0.717) is 5.75 Å². The van der Waals surface area contributed by atoms with Crippen LogP contribution in [0.1, 0.15) is 57.4 Å². The Balaban J connectivity index is 2.14. The van der Waals surface area contributed by atoms with Crippen molar-refractivity contribution in [2.45, 2.75) is 58.3 Å². The number of benzene rings is 1. The van der Waals surface area contributed by atoms with Crippen molar-refractivity contribution < 1.29 is 21.6 Å². The molecule has 0 amide bonds. The molecular formula is C17H29NO5S. The predicted octanol–water partition coefficient (Wildman–Crippen LogP) is 3.51. The zero-order valence-electron chi connectivity index (χ0n) is 14.4. The SMILES string of the molecule is CCCCCCCCCc1ccc(OCCOS(=O)(=O)ON)cc1. The van der Waals surface area contributed by atoms with Crippen LogP contribution in [-0.2, 0) is 25.3 Å². The zero-order chi connectivity index (χ0) is 17.7. The van der Waals surface area contributed by atoms with Crippen LogP contribution < -0.4 is 10.6 Å². The highest BCUT2D eigenvalue weighted by Crippen LogP contribution is 2.15. The van der Waals surface area contributed by atoms with Crippen LogP contribution in [0.5, 0.6) is 5.75 Å². The molecule has 138 valence electrons. The Morgan fingerprint density at radius 2 is 1.54 bits per heavy atom. The summed E-state index contributed by atoms with van der Waals surface area (Å²) in [5, 5.41) is 0. The number of aryl methyl sites for hydroxylation is 1. The standard InChI is InChI=1S/C17H29NO5S/c1-2-3-4-5-6-7-8-9-16-10-12-17(13-11-16)21-14-15-22-24(19,20)23-18/h10-13H,2-9,14-15,18H2,1H3. The third kappa shape index (κ3) is 9.87. The van der Waals surface area contributed by atoms with Crippen molar-refractivity contribution in [3.05, 3.63) is 29.8 Å². The van der Waals surface area contributed by atoms with E-state index in [2.05, 4.69) is 21.3 Å². The summed E-state index contributed by atoms with van der Waals surface area (Å²) in [5.41, 5.74) is 1.28. The molecule has 0 atom stereocenters. The summed E-state index contributed by atoms with van der Waals surface area (Å²) < 4.78 is 35.2. The first-order chi connectivity index (χ1) is 11.6. The van der Waals surface area contributed by atoms with Gasteiger partial charge in [0.2, 0.25) is 0 Å². The van der Waals surface area contributed by atoms with Gasteiger partial charge in [0.05, 0.1) is 0 Å². The number of nitrogens with two attached hydrogens (primary N) is 1. The highest BCUT2D eigenvalue weighted by molar-refractivity contribution is 7.81. The number of ether oxygens (including phenoxy) is 1. The molecule has 1 aromatic carbocycles. The van der Waals surface area contributed by atoms with Gasteiger partial charge >= 0.3 is 10.4 Å². The van der Waals surface area contributed by atoms with Gasteiger partial charge < -0.3 is 4.74 Å². The second kappa shape index (κ2) is 12.2. The summed E-state index contributed by atoms with van der Waals surface area (Å²) in [7, 11) is -4.10. The van der Waals surface area contributed by atoms with Gasteiger partial charge in [-0.25, -0.2) is 4.18 Å². The first kappa shape index (κ1) is 20.9. The summed E-state index contributed by atoms with van der Waals surface area (Å²) >= 11 is 0. The molecule has 2 N–H and O–H groups in total. The number of hydrogen-bond donors (Lipinski definition) is 1. The Bertz CT molecular complexity index is 530. The fraction of sp³-hybridized carbons (Fsp3) is 0.647. The molecule has 0 radical (unpaired) electrons. The second-order valence-electron chi connectivity index (χ2n) is 5.69. The predicted molar refractivity (Wildman–Crippen MR) is 93.8 cm³/mol. The van der Waals surface area contributed by atoms with Crippen LogP contribution in [0.15, 0.2) is 24.3 Å². The highest BCUT2D eigenvalue weighted by Gasteiger charge is 2.09. The topological polar surface area (TPSA) is 87.8 Å². The minimum absolute atomic E-state index is 0.0969. The van der Waals surface area contributed by atoms with E-state index in [0.717, 1.165) is 6.42 Å². The molecule has 0 unspecified atom stereocenters. The van der Waals surface area contributed by atoms with Crippen LogP contribution in [0.2, 0.25) is 0 Å². The van der Waals surface area contributed by atoms with Crippen molar-refractivity contribution in [2.75, 3.05) is 13.2 Å². The van der Waals surface area contributed by atoms with Crippen LogP contribution in [0.25, 0.3) is 0 Å². The second-order valence-corrected chi connectivity index (χ2v) is 6.93. The molecule has 0 saturated heterocycles. The van der Waals surface area contributed by atoms with Gasteiger partial charge in [-0.1, -0.05) is 57.6 Å². The van der Waals surface area contributed by atoms with Crippen LogP contribution in [0.3, 0.4) is 0 Å². The fourth-order valence-electron chi connectivity index (χ4n) is 2.36. The Morgan fingerprint density at radius 3 is 2.17 bits per heavy atom. The molecule has 0 heterocycles. The van der Waals surface area contributed by atoms with E-state index in [9.17, 15) is 8.42 Å². The Labute approximate surface area is 145 Å². The van der Waals surface area contributed by atoms with Crippen molar-refractivity contribution in [3.8, 4) is 5.75 Å². The lowest BCUT2D eigenvalue weighted by atomic mass is 10.0. The average Bonchev–Trinajstić information content (AvgIpc) is 2.59. The van der Waals surface area contributed by atoms with E-state index in [1.807, 2.05) is 24.3 Å².